The highest BCUT2D eigenvalue weighted by Crippen LogP contribution is 2.23. The standard InChI is InChI=1S/C59H109NO9/c1-3-5-7-9-11-13-15-17-18-19-20-21-22-23-24-25-26-27-28-29-30-31-32-33-34-35-36-38-40-42-44-46-48-53(63)58(67)60-51(50-68-59-57(66)56(65)55(64)54(49-61)69-59)52(62)47-45-43-41-39-37-16-14-12-10-8-6-4-2/h10,12,23-24,37,39,45,47,51-57,59,61-66H,3-9,11,13-22,25-36,38,40-44,46,48-50H2,1-2H3,(H,60,67)/b12-10+,24-23-,39-37+,47-45+. The molecule has 404 valence electrons. The number of aliphatic hydroxyl groups is 6. The van der Waals surface area contributed by atoms with E-state index in [1.807, 2.05) is 6.08 Å². The van der Waals surface area contributed by atoms with Crippen LogP contribution in [-0.2, 0) is 14.3 Å². The van der Waals surface area contributed by atoms with Gasteiger partial charge in [-0.15, -0.1) is 0 Å². The molecular weight excluding hydrogens is 867 g/mol. The van der Waals surface area contributed by atoms with Crippen molar-refractivity contribution >= 4 is 5.91 Å². The fourth-order valence-corrected chi connectivity index (χ4v) is 9.00. The monoisotopic (exact) mass is 976 g/mol. The topological polar surface area (TPSA) is 169 Å². The molecule has 0 aromatic rings. The van der Waals surface area contributed by atoms with Crippen LogP contribution in [0.2, 0.25) is 0 Å². The van der Waals surface area contributed by atoms with Crippen LogP contribution in [0.3, 0.4) is 0 Å². The number of carbonyl (C=O) groups excluding carboxylic acids is 1. The molecule has 10 heteroatoms. The number of rotatable bonds is 49. The van der Waals surface area contributed by atoms with Crippen LogP contribution in [0.25, 0.3) is 0 Å². The Morgan fingerprint density at radius 3 is 1.30 bits per heavy atom. The maximum absolute atomic E-state index is 13.1. The number of hydrogen-bond acceptors (Lipinski definition) is 9. The Kier molecular flexibility index (Phi) is 45.7. The molecule has 8 atom stereocenters. The van der Waals surface area contributed by atoms with Crippen molar-refractivity contribution in [3.63, 3.8) is 0 Å². The number of ether oxygens (including phenoxy) is 2. The highest BCUT2D eigenvalue weighted by Gasteiger charge is 2.44. The molecule has 1 amide bonds. The van der Waals surface area contributed by atoms with Gasteiger partial charge < -0.3 is 45.4 Å². The van der Waals surface area contributed by atoms with Crippen molar-refractivity contribution in [2.45, 2.75) is 307 Å². The fraction of sp³-hybridized carbons (Fsp3) is 0.847. The number of allylic oxidation sites excluding steroid dienone is 7. The van der Waals surface area contributed by atoms with Crippen LogP contribution in [0.1, 0.15) is 258 Å². The quantitative estimate of drug-likeness (QED) is 0.0232. The van der Waals surface area contributed by atoms with Gasteiger partial charge in [0.1, 0.15) is 30.5 Å². The van der Waals surface area contributed by atoms with E-state index >= 15 is 0 Å². The lowest BCUT2D eigenvalue weighted by Crippen LogP contribution is -2.60. The summed E-state index contributed by atoms with van der Waals surface area (Å²) < 4.78 is 11.1. The number of hydrogen-bond donors (Lipinski definition) is 7. The Morgan fingerprint density at radius 2 is 0.870 bits per heavy atom. The van der Waals surface area contributed by atoms with E-state index < -0.39 is 61.5 Å². The number of aliphatic hydroxyl groups excluding tert-OH is 6. The lowest BCUT2D eigenvalue weighted by molar-refractivity contribution is -0.302. The highest BCUT2D eigenvalue weighted by molar-refractivity contribution is 5.80. The Morgan fingerprint density at radius 1 is 0.493 bits per heavy atom. The van der Waals surface area contributed by atoms with Crippen LogP contribution < -0.4 is 5.32 Å². The first-order valence-electron chi connectivity index (χ1n) is 29.0. The molecule has 0 saturated carbocycles. The molecule has 69 heavy (non-hydrogen) atoms. The zero-order valence-electron chi connectivity index (χ0n) is 44.4. The summed E-state index contributed by atoms with van der Waals surface area (Å²) in [6.45, 7) is 3.55. The zero-order valence-corrected chi connectivity index (χ0v) is 44.4. The number of amides is 1. The van der Waals surface area contributed by atoms with Gasteiger partial charge in [0.2, 0.25) is 5.91 Å². The molecule has 1 saturated heterocycles. The molecule has 0 aromatic heterocycles. The first-order chi connectivity index (χ1) is 33.8. The van der Waals surface area contributed by atoms with Crippen LogP contribution in [0.15, 0.2) is 48.6 Å². The summed E-state index contributed by atoms with van der Waals surface area (Å²) in [5.74, 6) is -0.630. The Hall–Kier alpha value is -1.89. The van der Waals surface area contributed by atoms with Crippen LogP contribution in [-0.4, -0.2) is 98.7 Å². The largest absolute Gasteiger partial charge is 0.394 e. The molecule has 0 radical (unpaired) electrons. The Balaban J connectivity index is 2.15. The van der Waals surface area contributed by atoms with Crippen molar-refractivity contribution in [3.05, 3.63) is 48.6 Å². The summed E-state index contributed by atoms with van der Waals surface area (Å²) in [5, 5.41) is 64.8. The van der Waals surface area contributed by atoms with Crippen LogP contribution in [0, 0.1) is 0 Å². The van der Waals surface area contributed by atoms with Crippen molar-refractivity contribution in [3.8, 4) is 0 Å². The second-order valence-electron chi connectivity index (χ2n) is 20.2. The molecule has 10 nitrogen and oxygen atoms in total. The Bertz CT molecular complexity index is 1240. The third-order valence-electron chi connectivity index (χ3n) is 13.7. The average Bonchev–Trinajstić information content (AvgIpc) is 3.35. The fourth-order valence-electron chi connectivity index (χ4n) is 9.00. The van der Waals surface area contributed by atoms with E-state index in [1.54, 1.807) is 6.08 Å². The average molecular weight is 977 g/mol. The molecule has 7 N–H and O–H groups in total. The lowest BCUT2D eigenvalue weighted by Gasteiger charge is -2.40. The molecule has 0 aliphatic carbocycles. The second kappa shape index (κ2) is 48.4. The van der Waals surface area contributed by atoms with E-state index in [1.165, 1.54) is 180 Å². The normalized spacial score (nSPS) is 20.3. The summed E-state index contributed by atoms with van der Waals surface area (Å²) >= 11 is 0. The van der Waals surface area contributed by atoms with Crippen LogP contribution in [0.5, 0.6) is 0 Å². The van der Waals surface area contributed by atoms with Crippen molar-refractivity contribution in [1.82, 2.24) is 5.32 Å². The minimum atomic E-state index is -1.62. The van der Waals surface area contributed by atoms with E-state index in [2.05, 4.69) is 55.6 Å². The third kappa shape index (κ3) is 37.5. The van der Waals surface area contributed by atoms with Gasteiger partial charge in [-0.2, -0.15) is 0 Å². The smallest absolute Gasteiger partial charge is 0.249 e. The van der Waals surface area contributed by atoms with Crippen molar-refractivity contribution in [2.75, 3.05) is 13.2 Å². The molecule has 1 aliphatic heterocycles. The van der Waals surface area contributed by atoms with Crippen molar-refractivity contribution in [1.29, 1.82) is 0 Å². The van der Waals surface area contributed by atoms with E-state index in [9.17, 15) is 35.4 Å². The van der Waals surface area contributed by atoms with Gasteiger partial charge in [-0.25, -0.2) is 0 Å². The zero-order chi connectivity index (χ0) is 50.3. The highest BCUT2D eigenvalue weighted by atomic mass is 16.7. The maximum atomic E-state index is 13.1. The van der Waals surface area contributed by atoms with Crippen LogP contribution >= 0.6 is 0 Å². The molecule has 1 fully saturated rings. The molecule has 0 bridgehead atoms. The molecular formula is C59H109NO9. The number of nitrogens with one attached hydrogen (secondary N) is 1. The minimum absolute atomic E-state index is 0.301. The summed E-state index contributed by atoms with van der Waals surface area (Å²) in [6, 6.07) is -1.00. The van der Waals surface area contributed by atoms with Gasteiger partial charge in [0.05, 0.1) is 25.4 Å². The molecule has 0 spiro atoms. The van der Waals surface area contributed by atoms with Gasteiger partial charge in [-0.1, -0.05) is 242 Å². The lowest BCUT2D eigenvalue weighted by atomic mass is 9.99. The van der Waals surface area contributed by atoms with Gasteiger partial charge in [0, 0.05) is 0 Å². The van der Waals surface area contributed by atoms with Crippen LogP contribution in [0.4, 0.5) is 0 Å². The SMILES string of the molecule is CCCC/C=C/CC/C=C/CC/C=C/C(O)C(COC1OC(CO)C(O)C(O)C1O)NC(=O)C(O)CCCCCCCCCCCCCCCCCC/C=C\CCCCCCCCCCCCCC. The molecule has 8 unspecified atom stereocenters. The molecule has 1 rings (SSSR count). The first kappa shape index (κ1) is 65.1. The second-order valence-corrected chi connectivity index (χ2v) is 20.2. The minimum Gasteiger partial charge on any atom is -0.394 e. The number of unbranched alkanes of at least 4 members (excludes halogenated alkanes) is 32. The number of carbonyl (C=O) groups is 1. The Labute approximate surface area is 423 Å². The first-order valence-corrected chi connectivity index (χ1v) is 29.0. The van der Waals surface area contributed by atoms with Gasteiger partial charge in [-0.05, 0) is 64.2 Å². The molecule has 1 aliphatic rings. The van der Waals surface area contributed by atoms with Gasteiger partial charge in [0.25, 0.3) is 0 Å². The van der Waals surface area contributed by atoms with Crippen molar-refractivity contribution in [2.24, 2.45) is 0 Å². The predicted octanol–water partition coefficient (Wildman–Crippen LogP) is 13.1. The molecule has 1 heterocycles. The summed E-state index contributed by atoms with van der Waals surface area (Å²) in [6.07, 6.45) is 53.9. The van der Waals surface area contributed by atoms with Gasteiger partial charge >= 0.3 is 0 Å². The van der Waals surface area contributed by atoms with Gasteiger partial charge in [0.15, 0.2) is 6.29 Å². The summed E-state index contributed by atoms with van der Waals surface area (Å²) in [5.41, 5.74) is 0. The van der Waals surface area contributed by atoms with E-state index in [0.29, 0.717) is 19.3 Å². The van der Waals surface area contributed by atoms with E-state index in [-0.39, 0.29) is 6.61 Å². The van der Waals surface area contributed by atoms with E-state index in [0.717, 1.165) is 44.9 Å². The van der Waals surface area contributed by atoms with E-state index in [4.69, 9.17) is 9.47 Å². The predicted molar refractivity (Wildman–Crippen MR) is 287 cm³/mol. The summed E-state index contributed by atoms with van der Waals surface area (Å²) in [7, 11) is 0. The molecule has 0 aromatic carbocycles. The summed E-state index contributed by atoms with van der Waals surface area (Å²) in [4.78, 5) is 13.1. The third-order valence-corrected chi connectivity index (χ3v) is 13.7. The maximum Gasteiger partial charge on any atom is 0.249 e. The van der Waals surface area contributed by atoms with Crippen molar-refractivity contribution < 1.29 is 44.9 Å². The van der Waals surface area contributed by atoms with Gasteiger partial charge in [-0.3, -0.25) is 4.79 Å².